The van der Waals surface area contributed by atoms with Gasteiger partial charge in [-0.1, -0.05) is 24.4 Å². The minimum Gasteiger partial charge on any atom is -0.309 e. The van der Waals surface area contributed by atoms with Gasteiger partial charge >= 0.3 is 0 Å². The van der Waals surface area contributed by atoms with Crippen molar-refractivity contribution in [3.05, 3.63) is 23.4 Å². The van der Waals surface area contributed by atoms with Gasteiger partial charge in [0.1, 0.15) is 5.82 Å². The van der Waals surface area contributed by atoms with Crippen molar-refractivity contribution in [3.63, 3.8) is 0 Å². The van der Waals surface area contributed by atoms with Crippen LogP contribution in [0.1, 0.15) is 25.7 Å². The molecule has 4 nitrogen and oxygen atoms in total. The summed E-state index contributed by atoms with van der Waals surface area (Å²) in [4.78, 5) is 16.0. The number of nitrogens with zero attached hydrogens (tertiary/aromatic N) is 1. The van der Waals surface area contributed by atoms with Crippen LogP contribution in [0.2, 0.25) is 5.02 Å². The molecule has 1 atom stereocenters. The van der Waals surface area contributed by atoms with Crippen molar-refractivity contribution in [2.45, 2.75) is 31.7 Å². The van der Waals surface area contributed by atoms with Gasteiger partial charge in [0.05, 0.1) is 6.04 Å². The number of hydrogen-bond donors (Lipinski definition) is 2. The van der Waals surface area contributed by atoms with Crippen molar-refractivity contribution < 1.29 is 4.79 Å². The third-order valence-corrected chi connectivity index (χ3v) is 3.09. The third kappa shape index (κ3) is 3.68. The summed E-state index contributed by atoms with van der Waals surface area (Å²) >= 11 is 5.83. The first-order chi connectivity index (χ1) is 8.25. The molecular formula is C12H16ClN3O. The molecule has 0 spiro atoms. The monoisotopic (exact) mass is 253 g/mol. The molecular weight excluding hydrogens is 238 g/mol. The van der Waals surface area contributed by atoms with Crippen LogP contribution < -0.4 is 10.6 Å². The molecule has 0 aliphatic carbocycles. The number of aromatic nitrogens is 1. The fourth-order valence-corrected chi connectivity index (χ4v) is 2.10. The summed E-state index contributed by atoms with van der Waals surface area (Å²) in [5, 5.41) is 6.60. The lowest BCUT2D eigenvalue weighted by Gasteiger charge is -2.15. The fraction of sp³-hybridized carbons (Fsp3) is 0.500. The Morgan fingerprint density at radius 3 is 3.18 bits per heavy atom. The molecule has 2 rings (SSSR count). The predicted octanol–water partition coefficient (Wildman–Crippen LogP) is 2.21. The lowest BCUT2D eigenvalue weighted by Crippen LogP contribution is -2.40. The van der Waals surface area contributed by atoms with E-state index in [1.807, 2.05) is 0 Å². The average molecular weight is 254 g/mol. The normalized spacial score (nSPS) is 20.6. The number of carbonyl (C=O) groups excluding carboxylic acids is 1. The van der Waals surface area contributed by atoms with Gasteiger partial charge in [0.15, 0.2) is 0 Å². The first kappa shape index (κ1) is 12.3. The number of amides is 1. The quantitative estimate of drug-likeness (QED) is 0.850. The number of nitrogens with one attached hydrogen (secondary N) is 2. The molecule has 0 aromatic carbocycles. The molecule has 1 saturated heterocycles. The largest absolute Gasteiger partial charge is 0.309 e. The SMILES string of the molecule is O=C(Nc1cc(Cl)ccn1)C1CCCCCN1. The van der Waals surface area contributed by atoms with Crippen LogP contribution >= 0.6 is 11.6 Å². The Kier molecular flexibility index (Phi) is 4.34. The Bertz CT molecular complexity index is 389. The topological polar surface area (TPSA) is 54.0 Å². The molecule has 1 aliphatic rings. The van der Waals surface area contributed by atoms with Gasteiger partial charge in [-0.2, -0.15) is 0 Å². The smallest absolute Gasteiger partial charge is 0.242 e. The van der Waals surface area contributed by atoms with Crippen LogP contribution in [-0.2, 0) is 4.79 Å². The van der Waals surface area contributed by atoms with Gasteiger partial charge in [0.25, 0.3) is 0 Å². The van der Waals surface area contributed by atoms with E-state index in [2.05, 4.69) is 15.6 Å². The Morgan fingerprint density at radius 2 is 2.35 bits per heavy atom. The number of carbonyl (C=O) groups is 1. The van der Waals surface area contributed by atoms with Crippen LogP contribution in [0.15, 0.2) is 18.3 Å². The summed E-state index contributed by atoms with van der Waals surface area (Å²) in [6.07, 6.45) is 5.88. The van der Waals surface area contributed by atoms with Gasteiger partial charge in [-0.05, 0) is 31.5 Å². The van der Waals surface area contributed by atoms with Crippen molar-refractivity contribution in [1.82, 2.24) is 10.3 Å². The highest BCUT2D eigenvalue weighted by atomic mass is 35.5. The molecule has 0 saturated carbocycles. The minimum absolute atomic E-state index is 0.0262. The fourth-order valence-electron chi connectivity index (χ4n) is 1.94. The van der Waals surface area contributed by atoms with E-state index in [1.54, 1.807) is 18.3 Å². The first-order valence-electron chi connectivity index (χ1n) is 5.91. The number of anilines is 1. The number of rotatable bonds is 2. The first-order valence-corrected chi connectivity index (χ1v) is 6.29. The molecule has 1 amide bonds. The third-order valence-electron chi connectivity index (χ3n) is 2.85. The zero-order valence-electron chi connectivity index (χ0n) is 9.58. The summed E-state index contributed by atoms with van der Waals surface area (Å²) in [5.41, 5.74) is 0. The molecule has 1 aromatic heterocycles. The Hall–Kier alpha value is -1.13. The van der Waals surface area contributed by atoms with E-state index in [0.29, 0.717) is 10.8 Å². The summed E-state index contributed by atoms with van der Waals surface area (Å²) in [6, 6.07) is 3.22. The van der Waals surface area contributed by atoms with Crippen molar-refractivity contribution >= 4 is 23.3 Å². The van der Waals surface area contributed by atoms with Gasteiger partial charge in [0.2, 0.25) is 5.91 Å². The Morgan fingerprint density at radius 1 is 1.47 bits per heavy atom. The molecule has 0 radical (unpaired) electrons. The van der Waals surface area contributed by atoms with Crippen LogP contribution in [0.4, 0.5) is 5.82 Å². The zero-order valence-corrected chi connectivity index (χ0v) is 10.3. The van der Waals surface area contributed by atoms with Gasteiger partial charge in [-0.15, -0.1) is 0 Å². The van der Waals surface area contributed by atoms with Crippen LogP contribution in [0.5, 0.6) is 0 Å². The molecule has 1 fully saturated rings. The number of hydrogen-bond acceptors (Lipinski definition) is 3. The van der Waals surface area contributed by atoms with E-state index < -0.39 is 0 Å². The second-order valence-corrected chi connectivity index (χ2v) is 4.64. The summed E-state index contributed by atoms with van der Waals surface area (Å²) in [6.45, 7) is 0.904. The van der Waals surface area contributed by atoms with E-state index in [9.17, 15) is 4.79 Å². The Balaban J connectivity index is 1.95. The average Bonchev–Trinajstić information content (AvgIpc) is 2.57. The molecule has 1 aromatic rings. The van der Waals surface area contributed by atoms with Crippen molar-refractivity contribution in [2.75, 3.05) is 11.9 Å². The molecule has 1 unspecified atom stereocenters. The van der Waals surface area contributed by atoms with Crippen LogP contribution in [0, 0.1) is 0 Å². The summed E-state index contributed by atoms with van der Waals surface area (Å²) in [5.74, 6) is 0.482. The maximum absolute atomic E-state index is 12.0. The molecule has 5 heteroatoms. The summed E-state index contributed by atoms with van der Waals surface area (Å²) < 4.78 is 0. The molecule has 1 aliphatic heterocycles. The van der Waals surface area contributed by atoms with E-state index >= 15 is 0 Å². The number of pyridine rings is 1. The maximum atomic E-state index is 12.0. The van der Waals surface area contributed by atoms with E-state index in [-0.39, 0.29) is 11.9 Å². The van der Waals surface area contributed by atoms with Gasteiger partial charge < -0.3 is 10.6 Å². The van der Waals surface area contributed by atoms with E-state index in [0.717, 1.165) is 25.8 Å². The highest BCUT2D eigenvalue weighted by Gasteiger charge is 2.19. The van der Waals surface area contributed by atoms with Crippen molar-refractivity contribution in [3.8, 4) is 0 Å². The highest BCUT2D eigenvalue weighted by molar-refractivity contribution is 6.30. The Labute approximate surface area is 106 Å². The molecule has 2 N–H and O–H groups in total. The van der Waals surface area contributed by atoms with Crippen LogP contribution in [0.3, 0.4) is 0 Å². The van der Waals surface area contributed by atoms with Crippen LogP contribution in [0.25, 0.3) is 0 Å². The van der Waals surface area contributed by atoms with E-state index in [4.69, 9.17) is 11.6 Å². The van der Waals surface area contributed by atoms with E-state index in [1.165, 1.54) is 6.42 Å². The summed E-state index contributed by atoms with van der Waals surface area (Å²) in [7, 11) is 0. The van der Waals surface area contributed by atoms with Gasteiger partial charge in [-0.3, -0.25) is 4.79 Å². The lowest BCUT2D eigenvalue weighted by molar-refractivity contribution is -0.118. The molecule has 92 valence electrons. The second kappa shape index (κ2) is 5.98. The zero-order chi connectivity index (χ0) is 12.1. The van der Waals surface area contributed by atoms with Gasteiger partial charge in [-0.25, -0.2) is 4.98 Å². The number of halogens is 1. The molecule has 0 bridgehead atoms. The van der Waals surface area contributed by atoms with Crippen molar-refractivity contribution in [2.24, 2.45) is 0 Å². The standard InChI is InChI=1S/C12H16ClN3O/c13-9-5-7-15-11(8-9)16-12(17)10-4-2-1-3-6-14-10/h5,7-8,10,14H,1-4,6H2,(H,15,16,17). The van der Waals surface area contributed by atoms with Gasteiger partial charge in [0, 0.05) is 11.2 Å². The highest BCUT2D eigenvalue weighted by Crippen LogP contribution is 2.14. The van der Waals surface area contributed by atoms with Crippen LogP contribution in [-0.4, -0.2) is 23.5 Å². The van der Waals surface area contributed by atoms with Crippen molar-refractivity contribution in [1.29, 1.82) is 0 Å². The molecule has 2 heterocycles. The minimum atomic E-state index is -0.113. The lowest BCUT2D eigenvalue weighted by atomic mass is 10.1. The predicted molar refractivity (Wildman–Crippen MR) is 68.1 cm³/mol. The maximum Gasteiger partial charge on any atom is 0.242 e. The molecule has 17 heavy (non-hydrogen) atoms. The second-order valence-electron chi connectivity index (χ2n) is 4.20.